The van der Waals surface area contributed by atoms with Crippen molar-refractivity contribution in [3.8, 4) is 0 Å². The van der Waals surface area contributed by atoms with Gasteiger partial charge in [-0.25, -0.2) is 0 Å². The Morgan fingerprint density at radius 3 is 2.88 bits per heavy atom. The molecule has 3 heteroatoms. The molecule has 1 unspecified atom stereocenters. The molecule has 1 aliphatic carbocycles. The smallest absolute Gasteiger partial charge is 0.150 e. The van der Waals surface area contributed by atoms with Gasteiger partial charge in [0.2, 0.25) is 0 Å². The molecule has 3 nitrogen and oxygen atoms in total. The second kappa shape index (κ2) is 4.56. The quantitative estimate of drug-likeness (QED) is 0.759. The second-order valence-corrected chi connectivity index (χ2v) is 4.44. The fourth-order valence-corrected chi connectivity index (χ4v) is 1.96. The molecule has 0 aromatic carbocycles. The first-order valence-corrected chi connectivity index (χ1v) is 5.75. The molecule has 1 atom stereocenters. The average Bonchev–Trinajstić information content (AvgIpc) is 2.50. The zero-order valence-corrected chi connectivity index (χ0v) is 10.2. The van der Waals surface area contributed by atoms with Crippen LogP contribution in [0.4, 0.5) is 5.82 Å². The van der Waals surface area contributed by atoms with Gasteiger partial charge in [-0.2, -0.15) is 5.10 Å². The number of hydrogen-bond acceptors (Lipinski definition) is 2. The van der Waals surface area contributed by atoms with E-state index in [2.05, 4.69) is 47.1 Å². The van der Waals surface area contributed by atoms with Crippen LogP contribution in [0, 0.1) is 6.92 Å². The van der Waals surface area contributed by atoms with Crippen molar-refractivity contribution >= 4 is 5.82 Å². The van der Waals surface area contributed by atoms with Gasteiger partial charge in [-0.3, -0.25) is 4.68 Å². The van der Waals surface area contributed by atoms with Crippen molar-refractivity contribution in [3.05, 3.63) is 36.1 Å². The Labute approximate surface area is 97.1 Å². The summed E-state index contributed by atoms with van der Waals surface area (Å²) in [4.78, 5) is 2.04. The lowest BCUT2D eigenvalue weighted by atomic mass is 10.1. The van der Waals surface area contributed by atoms with Crippen LogP contribution < -0.4 is 4.90 Å². The third-order valence-electron chi connectivity index (χ3n) is 2.89. The van der Waals surface area contributed by atoms with Gasteiger partial charge in [0, 0.05) is 25.9 Å². The van der Waals surface area contributed by atoms with Gasteiger partial charge in [0.1, 0.15) is 5.82 Å². The maximum absolute atomic E-state index is 4.64. The van der Waals surface area contributed by atoms with Crippen LogP contribution in [-0.4, -0.2) is 23.9 Å². The van der Waals surface area contributed by atoms with Gasteiger partial charge in [-0.05, 0) is 19.8 Å². The molecule has 1 aliphatic rings. The van der Waals surface area contributed by atoms with Crippen LogP contribution in [0.25, 0.3) is 0 Å². The van der Waals surface area contributed by atoms with Crippen LogP contribution in [0.2, 0.25) is 0 Å². The first kappa shape index (κ1) is 11.0. The lowest BCUT2D eigenvalue weighted by molar-refractivity contribution is 0.499. The van der Waals surface area contributed by atoms with E-state index in [9.17, 15) is 0 Å². The van der Waals surface area contributed by atoms with E-state index in [0.717, 1.165) is 18.7 Å². The largest absolute Gasteiger partial charge is 0.361 e. The molecule has 1 heterocycles. The van der Waals surface area contributed by atoms with Gasteiger partial charge in [-0.1, -0.05) is 24.3 Å². The Balaban J connectivity index is 2.26. The Hall–Kier alpha value is -1.51. The van der Waals surface area contributed by atoms with Crippen molar-refractivity contribution in [2.24, 2.45) is 0 Å². The lowest BCUT2D eigenvalue weighted by Gasteiger charge is -2.14. The number of allylic oxidation sites excluding steroid dienone is 4. The minimum atomic E-state index is 0.392. The van der Waals surface area contributed by atoms with Gasteiger partial charge in [-0.15, -0.1) is 0 Å². The molecule has 0 aliphatic heterocycles. The predicted molar refractivity (Wildman–Crippen MR) is 67.8 cm³/mol. The van der Waals surface area contributed by atoms with E-state index in [0.29, 0.717) is 6.04 Å². The monoisotopic (exact) mass is 217 g/mol. The summed E-state index contributed by atoms with van der Waals surface area (Å²) in [5.41, 5.74) is 1.22. The molecule has 1 aromatic heterocycles. The molecule has 2 rings (SSSR count). The molecule has 0 N–H and O–H groups in total. The van der Waals surface area contributed by atoms with E-state index in [-0.39, 0.29) is 0 Å². The molecule has 0 spiro atoms. The summed E-state index contributed by atoms with van der Waals surface area (Å²) in [7, 11) is 4.05. The van der Waals surface area contributed by atoms with Crippen LogP contribution in [0.3, 0.4) is 0 Å². The zero-order valence-electron chi connectivity index (χ0n) is 10.2. The van der Waals surface area contributed by atoms with Crippen LogP contribution in [0.15, 0.2) is 30.4 Å². The fourth-order valence-electron chi connectivity index (χ4n) is 1.96. The average molecular weight is 217 g/mol. The molecule has 0 saturated carbocycles. The number of hydrogen-bond donors (Lipinski definition) is 0. The topological polar surface area (TPSA) is 21.1 Å². The van der Waals surface area contributed by atoms with Crippen LogP contribution >= 0.6 is 0 Å². The Kier molecular flexibility index (Phi) is 3.13. The number of aryl methyl sites for hydroxylation is 1. The molecule has 86 valence electrons. The standard InChI is InChI=1S/C13H19N3/c1-11-10-13(15(2)3)14-16(11)12-8-6-4-5-7-9-12/h4-6,8,10,12H,7,9H2,1-3H3. The van der Waals surface area contributed by atoms with Gasteiger partial charge >= 0.3 is 0 Å². The maximum atomic E-state index is 4.64. The summed E-state index contributed by atoms with van der Waals surface area (Å²) in [5.74, 6) is 1.03. The van der Waals surface area contributed by atoms with Gasteiger partial charge < -0.3 is 4.90 Å². The summed E-state index contributed by atoms with van der Waals surface area (Å²) >= 11 is 0. The molecule has 0 fully saturated rings. The maximum Gasteiger partial charge on any atom is 0.150 e. The van der Waals surface area contributed by atoms with E-state index in [1.54, 1.807) is 0 Å². The minimum absolute atomic E-state index is 0.392. The van der Waals surface area contributed by atoms with Crippen molar-refractivity contribution < 1.29 is 0 Å². The highest BCUT2D eigenvalue weighted by atomic mass is 15.4. The summed E-state index contributed by atoms with van der Waals surface area (Å²) in [6, 6.07) is 2.52. The van der Waals surface area contributed by atoms with Crippen LogP contribution in [-0.2, 0) is 0 Å². The van der Waals surface area contributed by atoms with Crippen molar-refractivity contribution in [3.63, 3.8) is 0 Å². The molecular weight excluding hydrogens is 198 g/mol. The molecule has 16 heavy (non-hydrogen) atoms. The first-order chi connectivity index (χ1) is 7.68. The highest BCUT2D eigenvalue weighted by Gasteiger charge is 2.13. The zero-order chi connectivity index (χ0) is 11.5. The normalized spacial score (nSPS) is 19.8. The van der Waals surface area contributed by atoms with Crippen LogP contribution in [0.5, 0.6) is 0 Å². The van der Waals surface area contributed by atoms with E-state index in [1.807, 2.05) is 19.0 Å². The van der Waals surface area contributed by atoms with Gasteiger partial charge in [0.05, 0.1) is 6.04 Å². The van der Waals surface area contributed by atoms with Crippen LogP contribution in [0.1, 0.15) is 24.6 Å². The number of anilines is 1. The summed E-state index contributed by atoms with van der Waals surface area (Å²) in [5, 5.41) is 4.64. The highest BCUT2D eigenvalue weighted by Crippen LogP contribution is 2.22. The van der Waals surface area contributed by atoms with E-state index < -0.39 is 0 Å². The predicted octanol–water partition coefficient (Wildman–Crippen LogP) is 2.70. The third kappa shape index (κ3) is 2.18. The SMILES string of the molecule is Cc1cc(N(C)C)nn1C1C=CC=CCC1. The summed E-state index contributed by atoms with van der Waals surface area (Å²) in [6.07, 6.45) is 10.9. The summed E-state index contributed by atoms with van der Waals surface area (Å²) < 4.78 is 2.12. The number of aromatic nitrogens is 2. The van der Waals surface area contributed by atoms with Gasteiger partial charge in [0.25, 0.3) is 0 Å². The second-order valence-electron chi connectivity index (χ2n) is 4.44. The van der Waals surface area contributed by atoms with Crippen molar-refractivity contribution in [2.45, 2.75) is 25.8 Å². The first-order valence-electron chi connectivity index (χ1n) is 5.75. The summed E-state index contributed by atoms with van der Waals surface area (Å²) in [6.45, 7) is 2.12. The van der Waals surface area contributed by atoms with Crippen molar-refractivity contribution in [2.75, 3.05) is 19.0 Å². The molecule has 0 bridgehead atoms. The molecule has 0 radical (unpaired) electrons. The fraction of sp³-hybridized carbons (Fsp3) is 0.462. The van der Waals surface area contributed by atoms with E-state index in [4.69, 9.17) is 0 Å². The Bertz CT molecular complexity index is 413. The lowest BCUT2D eigenvalue weighted by Crippen LogP contribution is -2.13. The Morgan fingerprint density at radius 1 is 1.38 bits per heavy atom. The number of rotatable bonds is 2. The van der Waals surface area contributed by atoms with E-state index in [1.165, 1.54) is 5.69 Å². The molecular formula is C13H19N3. The van der Waals surface area contributed by atoms with Crippen molar-refractivity contribution in [1.29, 1.82) is 0 Å². The minimum Gasteiger partial charge on any atom is -0.361 e. The number of nitrogens with zero attached hydrogens (tertiary/aromatic N) is 3. The highest BCUT2D eigenvalue weighted by molar-refractivity contribution is 5.37. The Morgan fingerprint density at radius 2 is 2.19 bits per heavy atom. The third-order valence-corrected chi connectivity index (χ3v) is 2.89. The van der Waals surface area contributed by atoms with Gasteiger partial charge in [0.15, 0.2) is 0 Å². The molecule has 0 saturated heterocycles. The molecule has 1 aromatic rings. The van der Waals surface area contributed by atoms with E-state index >= 15 is 0 Å². The van der Waals surface area contributed by atoms with Crippen molar-refractivity contribution in [1.82, 2.24) is 9.78 Å². The molecule has 0 amide bonds.